The van der Waals surface area contributed by atoms with Crippen LogP contribution in [0.3, 0.4) is 0 Å². The summed E-state index contributed by atoms with van der Waals surface area (Å²) < 4.78 is 22.9. The van der Waals surface area contributed by atoms with E-state index >= 15 is 0 Å². The normalized spacial score (nSPS) is 14.3. The highest BCUT2D eigenvalue weighted by Gasteiger charge is 2.32. The van der Waals surface area contributed by atoms with E-state index in [1.165, 1.54) is 38.5 Å². The summed E-state index contributed by atoms with van der Waals surface area (Å²) in [5.41, 5.74) is 0.846. The maximum absolute atomic E-state index is 13.3. The van der Waals surface area contributed by atoms with Gasteiger partial charge in [0.25, 0.3) is 0 Å². The summed E-state index contributed by atoms with van der Waals surface area (Å²) in [7, 11) is 2.91. The molecule has 2 heterocycles. The molecule has 0 spiro atoms. The first-order chi connectivity index (χ1) is 20.2. The third-order valence-corrected chi connectivity index (χ3v) is 7.19. The predicted octanol–water partition coefficient (Wildman–Crippen LogP) is 5.67. The molecule has 0 fully saturated rings. The van der Waals surface area contributed by atoms with Crippen molar-refractivity contribution in [2.75, 3.05) is 14.2 Å². The van der Waals surface area contributed by atoms with Crippen LogP contribution in [0.15, 0.2) is 75.9 Å². The lowest BCUT2D eigenvalue weighted by Crippen LogP contribution is -2.20. The van der Waals surface area contributed by atoms with Crippen LogP contribution in [0.1, 0.15) is 28.4 Å². The lowest BCUT2D eigenvalue weighted by atomic mass is 9.92. The van der Waals surface area contributed by atoms with Crippen molar-refractivity contribution < 1.29 is 43.8 Å². The first-order valence-electron chi connectivity index (χ1n) is 12.8. The number of carbonyl (C=O) groups is 1. The Morgan fingerprint density at radius 2 is 1.55 bits per heavy atom. The standard InChI is InChI=1S/C32H24O10/c1-39-18-6-3-15(4-7-18)25-13-23(37)31-24(38)14-27(40-2)29(32(31)42-25)19-9-16(5-8-20(19)34)26-12-22(36)30-21(35)10-17(33)11-28(30)41-26/h3-11,13-14,26,33-35,38H,12H2,1-2H3/t26-/m0/s1. The van der Waals surface area contributed by atoms with Gasteiger partial charge in [-0.3, -0.25) is 9.59 Å². The highest BCUT2D eigenvalue weighted by Crippen LogP contribution is 2.47. The van der Waals surface area contributed by atoms with E-state index in [-0.39, 0.29) is 74.3 Å². The highest BCUT2D eigenvalue weighted by molar-refractivity contribution is 6.03. The minimum atomic E-state index is -0.832. The van der Waals surface area contributed by atoms with Gasteiger partial charge in [-0.15, -0.1) is 0 Å². The number of fused-ring (bicyclic) bond motifs is 2. The van der Waals surface area contributed by atoms with Crippen molar-refractivity contribution in [2.24, 2.45) is 0 Å². The molecule has 1 atom stereocenters. The van der Waals surface area contributed by atoms with Crippen LogP contribution in [-0.2, 0) is 0 Å². The van der Waals surface area contributed by atoms with Gasteiger partial charge in [-0.25, -0.2) is 0 Å². The molecular weight excluding hydrogens is 544 g/mol. The number of Topliss-reactive ketones (excluding diaryl/α,β-unsaturated/α-hetero) is 1. The van der Waals surface area contributed by atoms with E-state index in [2.05, 4.69) is 0 Å². The van der Waals surface area contributed by atoms with Gasteiger partial charge >= 0.3 is 0 Å². The summed E-state index contributed by atoms with van der Waals surface area (Å²) in [6.07, 6.45) is -0.957. The molecule has 0 aliphatic carbocycles. The Kier molecular flexibility index (Phi) is 6.38. The van der Waals surface area contributed by atoms with Crippen molar-refractivity contribution in [3.05, 3.63) is 88.1 Å². The molecule has 0 radical (unpaired) electrons. The van der Waals surface area contributed by atoms with Gasteiger partial charge in [-0.05, 0) is 42.0 Å². The number of phenolic OH excluding ortho intramolecular Hbond substituents is 4. The van der Waals surface area contributed by atoms with E-state index in [1.54, 1.807) is 36.4 Å². The number of methoxy groups -OCH3 is 2. The summed E-state index contributed by atoms with van der Waals surface area (Å²) in [4.78, 5) is 26.2. The van der Waals surface area contributed by atoms with Crippen LogP contribution in [0.25, 0.3) is 33.4 Å². The van der Waals surface area contributed by atoms with Crippen molar-refractivity contribution in [3.63, 3.8) is 0 Å². The van der Waals surface area contributed by atoms with Crippen LogP contribution in [0.4, 0.5) is 0 Å². The average molecular weight is 569 g/mol. The minimum Gasteiger partial charge on any atom is -0.508 e. The molecule has 212 valence electrons. The molecule has 0 amide bonds. The quantitative estimate of drug-likeness (QED) is 0.208. The monoisotopic (exact) mass is 568 g/mol. The number of carbonyl (C=O) groups excluding carboxylic acids is 1. The van der Waals surface area contributed by atoms with Crippen LogP contribution >= 0.6 is 0 Å². The van der Waals surface area contributed by atoms with Crippen molar-refractivity contribution in [1.82, 2.24) is 0 Å². The third-order valence-electron chi connectivity index (χ3n) is 7.19. The molecule has 1 aliphatic heterocycles. The van der Waals surface area contributed by atoms with Crippen LogP contribution in [0.2, 0.25) is 0 Å². The van der Waals surface area contributed by atoms with Gasteiger partial charge in [0.05, 0.1) is 26.2 Å². The molecule has 4 N–H and O–H groups in total. The molecule has 0 bridgehead atoms. The molecule has 0 unspecified atom stereocenters. The number of phenols is 4. The van der Waals surface area contributed by atoms with E-state index in [4.69, 9.17) is 18.6 Å². The van der Waals surface area contributed by atoms with E-state index in [9.17, 15) is 30.0 Å². The molecule has 42 heavy (non-hydrogen) atoms. The molecule has 6 rings (SSSR count). The smallest absolute Gasteiger partial charge is 0.197 e. The molecule has 5 aromatic rings. The zero-order valence-electron chi connectivity index (χ0n) is 22.4. The molecule has 0 saturated heterocycles. The summed E-state index contributed by atoms with van der Waals surface area (Å²) in [6, 6.07) is 16.2. The van der Waals surface area contributed by atoms with Crippen molar-refractivity contribution in [3.8, 4) is 62.7 Å². The minimum absolute atomic E-state index is 0.0196. The topological polar surface area (TPSA) is 156 Å². The highest BCUT2D eigenvalue weighted by atomic mass is 16.5. The zero-order valence-corrected chi connectivity index (χ0v) is 22.4. The molecule has 4 aromatic carbocycles. The number of ketones is 1. The second-order valence-corrected chi connectivity index (χ2v) is 9.73. The largest absolute Gasteiger partial charge is 0.508 e. The average Bonchev–Trinajstić information content (AvgIpc) is 2.96. The maximum atomic E-state index is 13.3. The molecule has 10 nitrogen and oxygen atoms in total. The second kappa shape index (κ2) is 10.1. The Morgan fingerprint density at radius 1 is 0.786 bits per heavy atom. The van der Waals surface area contributed by atoms with Crippen LogP contribution < -0.4 is 19.6 Å². The first-order valence-corrected chi connectivity index (χ1v) is 12.8. The lowest BCUT2D eigenvalue weighted by Gasteiger charge is -2.26. The van der Waals surface area contributed by atoms with Gasteiger partial charge in [0.15, 0.2) is 16.8 Å². The maximum Gasteiger partial charge on any atom is 0.197 e. The van der Waals surface area contributed by atoms with Crippen molar-refractivity contribution >= 4 is 16.8 Å². The summed E-state index contributed by atoms with van der Waals surface area (Å²) in [5.74, 6) is -0.659. The Bertz CT molecular complexity index is 1940. The SMILES string of the molecule is COc1ccc(-c2cc(=O)c3c(O)cc(OC)c(-c4cc([C@@H]5CC(=O)c6c(O)cc(O)cc6O5)ccc4O)c3o2)cc1. The molecule has 1 aliphatic rings. The fourth-order valence-corrected chi connectivity index (χ4v) is 5.17. The lowest BCUT2D eigenvalue weighted by molar-refractivity contribution is 0.0845. The molecule has 0 saturated carbocycles. The first kappa shape index (κ1) is 26.6. The van der Waals surface area contributed by atoms with Crippen LogP contribution in [0.5, 0.6) is 40.2 Å². The van der Waals surface area contributed by atoms with Gasteiger partial charge in [0.1, 0.15) is 63.1 Å². The Morgan fingerprint density at radius 3 is 2.26 bits per heavy atom. The van der Waals surface area contributed by atoms with Gasteiger partial charge in [0.2, 0.25) is 0 Å². The number of ether oxygens (including phenoxy) is 3. The van der Waals surface area contributed by atoms with Gasteiger partial charge < -0.3 is 39.1 Å². The summed E-state index contributed by atoms with van der Waals surface area (Å²) >= 11 is 0. The number of hydrogen-bond donors (Lipinski definition) is 4. The Labute approximate surface area is 238 Å². The molecule has 1 aromatic heterocycles. The molecule has 10 heteroatoms. The van der Waals surface area contributed by atoms with E-state index in [1.807, 2.05) is 0 Å². The van der Waals surface area contributed by atoms with Crippen LogP contribution in [-0.4, -0.2) is 40.4 Å². The predicted molar refractivity (Wildman–Crippen MR) is 152 cm³/mol. The van der Waals surface area contributed by atoms with E-state index in [0.717, 1.165) is 6.07 Å². The van der Waals surface area contributed by atoms with Crippen LogP contribution in [0, 0.1) is 0 Å². The number of aromatic hydroxyl groups is 4. The molecular formula is C32H24O10. The van der Waals surface area contributed by atoms with Crippen molar-refractivity contribution in [2.45, 2.75) is 12.5 Å². The third kappa shape index (κ3) is 4.39. The fraction of sp³-hybridized carbons (Fsp3) is 0.125. The summed E-state index contributed by atoms with van der Waals surface area (Å²) in [5, 5.41) is 41.7. The van der Waals surface area contributed by atoms with E-state index in [0.29, 0.717) is 16.9 Å². The number of rotatable bonds is 5. The van der Waals surface area contributed by atoms with Crippen molar-refractivity contribution in [1.29, 1.82) is 0 Å². The zero-order chi connectivity index (χ0) is 29.7. The Balaban J connectivity index is 1.53. The van der Waals surface area contributed by atoms with Gasteiger partial charge in [0, 0.05) is 35.4 Å². The van der Waals surface area contributed by atoms with Gasteiger partial charge in [-0.1, -0.05) is 6.07 Å². The Hall–Kier alpha value is -5.64. The number of hydrogen-bond acceptors (Lipinski definition) is 10. The fourth-order valence-electron chi connectivity index (χ4n) is 5.17. The second-order valence-electron chi connectivity index (χ2n) is 9.73. The summed E-state index contributed by atoms with van der Waals surface area (Å²) in [6.45, 7) is 0. The van der Waals surface area contributed by atoms with Gasteiger partial charge in [-0.2, -0.15) is 0 Å². The number of benzene rings is 4. The van der Waals surface area contributed by atoms with E-state index < -0.39 is 17.3 Å².